The van der Waals surface area contributed by atoms with Crippen molar-refractivity contribution in [3.05, 3.63) is 67.1 Å². The number of rotatable bonds is 5. The maximum Gasteiger partial charge on any atom is 0.219 e. The highest BCUT2D eigenvalue weighted by molar-refractivity contribution is 5.74. The third kappa shape index (κ3) is 3.48. The molecule has 0 fully saturated rings. The lowest BCUT2D eigenvalue weighted by Crippen LogP contribution is -2.16. The maximum atomic E-state index is 11.0. The zero-order valence-corrected chi connectivity index (χ0v) is 13.0. The van der Waals surface area contributed by atoms with Crippen molar-refractivity contribution in [2.45, 2.75) is 19.4 Å². The molecule has 0 aliphatic rings. The van der Waals surface area contributed by atoms with Gasteiger partial charge >= 0.3 is 0 Å². The lowest BCUT2D eigenvalue weighted by molar-refractivity contribution is -0.118. The minimum atomic E-state index is -0.306. The van der Waals surface area contributed by atoms with E-state index in [0.29, 0.717) is 6.42 Å². The summed E-state index contributed by atoms with van der Waals surface area (Å²) in [6.07, 6.45) is 4.00. The van der Waals surface area contributed by atoms with Gasteiger partial charge in [0.25, 0.3) is 0 Å². The van der Waals surface area contributed by atoms with E-state index in [4.69, 9.17) is 5.73 Å². The van der Waals surface area contributed by atoms with E-state index in [1.165, 1.54) is 11.1 Å². The van der Waals surface area contributed by atoms with Crippen LogP contribution in [0.4, 0.5) is 0 Å². The predicted octanol–water partition coefficient (Wildman–Crippen LogP) is 3.65. The zero-order valence-electron chi connectivity index (χ0n) is 13.0. The highest BCUT2D eigenvalue weighted by atomic mass is 16.1. The molecule has 1 amide bonds. The van der Waals surface area contributed by atoms with Crippen molar-refractivity contribution >= 4 is 5.91 Å². The summed E-state index contributed by atoms with van der Waals surface area (Å²) in [5.41, 5.74) is 9.56. The largest absolute Gasteiger partial charge is 0.370 e. The third-order valence-electron chi connectivity index (χ3n) is 3.89. The summed E-state index contributed by atoms with van der Waals surface area (Å²) in [7, 11) is 0. The number of nitrogens with zero attached hydrogens (tertiary/aromatic N) is 2. The lowest BCUT2D eigenvalue weighted by Gasteiger charge is -2.09. The Morgan fingerprint density at radius 1 is 1.04 bits per heavy atom. The Bertz CT molecular complexity index is 791. The number of hydrogen-bond acceptors (Lipinski definition) is 2. The number of carbonyl (C=O) groups is 1. The Morgan fingerprint density at radius 3 is 2.30 bits per heavy atom. The van der Waals surface area contributed by atoms with E-state index < -0.39 is 0 Å². The van der Waals surface area contributed by atoms with Gasteiger partial charge in [-0.1, -0.05) is 54.6 Å². The van der Waals surface area contributed by atoms with Gasteiger partial charge in [-0.3, -0.25) is 4.79 Å². The fourth-order valence-corrected chi connectivity index (χ4v) is 2.59. The van der Waals surface area contributed by atoms with E-state index in [1.807, 2.05) is 35.9 Å². The summed E-state index contributed by atoms with van der Waals surface area (Å²) < 4.78 is 1.92. The standard InChI is InChI=1S/C19H19N3O/c1-14(11-19(20)23)22-12-18(21-13-22)17-9-7-16(8-10-17)15-5-3-2-4-6-15/h2-10,12-14H,11H2,1H3,(H2,20,23). The first-order valence-corrected chi connectivity index (χ1v) is 7.61. The fraction of sp³-hybridized carbons (Fsp3) is 0.158. The summed E-state index contributed by atoms with van der Waals surface area (Å²) in [5.74, 6) is -0.306. The number of carbonyl (C=O) groups excluding carboxylic acids is 1. The number of amides is 1. The number of imidazole rings is 1. The quantitative estimate of drug-likeness (QED) is 0.782. The van der Waals surface area contributed by atoms with Gasteiger partial charge in [-0.2, -0.15) is 0 Å². The number of aromatic nitrogens is 2. The molecule has 1 atom stereocenters. The highest BCUT2D eigenvalue weighted by Crippen LogP contribution is 2.24. The molecule has 0 saturated heterocycles. The second kappa shape index (κ2) is 6.48. The van der Waals surface area contributed by atoms with Gasteiger partial charge in [-0.05, 0) is 18.1 Å². The molecule has 1 heterocycles. The van der Waals surface area contributed by atoms with Crippen LogP contribution in [0.5, 0.6) is 0 Å². The van der Waals surface area contributed by atoms with Crippen LogP contribution in [0.25, 0.3) is 22.4 Å². The average molecular weight is 305 g/mol. The molecule has 1 unspecified atom stereocenters. The number of hydrogen-bond donors (Lipinski definition) is 1. The second-order valence-electron chi connectivity index (χ2n) is 5.67. The van der Waals surface area contributed by atoms with Crippen LogP contribution >= 0.6 is 0 Å². The molecule has 2 aromatic carbocycles. The molecule has 4 nitrogen and oxygen atoms in total. The smallest absolute Gasteiger partial charge is 0.219 e. The Morgan fingerprint density at radius 2 is 1.65 bits per heavy atom. The van der Waals surface area contributed by atoms with E-state index >= 15 is 0 Å². The van der Waals surface area contributed by atoms with Crippen LogP contribution in [-0.2, 0) is 4.79 Å². The highest BCUT2D eigenvalue weighted by Gasteiger charge is 2.10. The van der Waals surface area contributed by atoms with Crippen molar-refractivity contribution in [3.63, 3.8) is 0 Å². The van der Waals surface area contributed by atoms with Crippen molar-refractivity contribution in [2.24, 2.45) is 5.73 Å². The average Bonchev–Trinajstić information content (AvgIpc) is 3.05. The van der Waals surface area contributed by atoms with Crippen molar-refractivity contribution < 1.29 is 4.79 Å². The van der Waals surface area contributed by atoms with E-state index in [-0.39, 0.29) is 11.9 Å². The first kappa shape index (κ1) is 15.0. The third-order valence-corrected chi connectivity index (χ3v) is 3.89. The van der Waals surface area contributed by atoms with Gasteiger partial charge in [0.05, 0.1) is 12.0 Å². The van der Waals surface area contributed by atoms with Crippen LogP contribution in [0, 0.1) is 0 Å². The van der Waals surface area contributed by atoms with Crippen LogP contribution in [0.2, 0.25) is 0 Å². The molecule has 116 valence electrons. The van der Waals surface area contributed by atoms with Crippen molar-refractivity contribution in [1.82, 2.24) is 9.55 Å². The van der Waals surface area contributed by atoms with Crippen LogP contribution in [-0.4, -0.2) is 15.5 Å². The van der Waals surface area contributed by atoms with Crippen LogP contribution in [0.1, 0.15) is 19.4 Å². The Labute approximate surface area is 135 Å². The van der Waals surface area contributed by atoms with Gasteiger partial charge in [0.2, 0.25) is 5.91 Å². The monoisotopic (exact) mass is 305 g/mol. The molecule has 3 rings (SSSR count). The SMILES string of the molecule is CC(CC(N)=O)n1cnc(-c2ccc(-c3ccccc3)cc2)c1. The molecular formula is C19H19N3O. The van der Waals surface area contributed by atoms with Gasteiger partial charge in [0, 0.05) is 24.2 Å². The zero-order chi connectivity index (χ0) is 16.2. The van der Waals surface area contributed by atoms with Gasteiger partial charge in [0.1, 0.15) is 0 Å². The molecule has 0 bridgehead atoms. The van der Waals surface area contributed by atoms with Crippen molar-refractivity contribution in [2.75, 3.05) is 0 Å². The molecule has 0 saturated carbocycles. The van der Waals surface area contributed by atoms with Gasteiger partial charge < -0.3 is 10.3 Å². The van der Waals surface area contributed by atoms with Crippen molar-refractivity contribution in [3.8, 4) is 22.4 Å². The Kier molecular flexibility index (Phi) is 4.24. The lowest BCUT2D eigenvalue weighted by atomic mass is 10.0. The summed E-state index contributed by atoms with van der Waals surface area (Å²) in [6, 6.07) is 18.6. The van der Waals surface area contributed by atoms with Crippen LogP contribution in [0.3, 0.4) is 0 Å². The normalized spacial score (nSPS) is 12.0. The van der Waals surface area contributed by atoms with Crippen LogP contribution in [0.15, 0.2) is 67.1 Å². The molecule has 4 heteroatoms. The fourth-order valence-electron chi connectivity index (χ4n) is 2.59. The maximum absolute atomic E-state index is 11.0. The molecule has 0 aliphatic carbocycles. The number of primary amides is 1. The van der Waals surface area contributed by atoms with Gasteiger partial charge in [-0.15, -0.1) is 0 Å². The second-order valence-corrected chi connectivity index (χ2v) is 5.67. The molecular weight excluding hydrogens is 286 g/mol. The molecule has 3 aromatic rings. The topological polar surface area (TPSA) is 60.9 Å². The molecule has 23 heavy (non-hydrogen) atoms. The summed E-state index contributed by atoms with van der Waals surface area (Å²) >= 11 is 0. The molecule has 0 aliphatic heterocycles. The molecule has 1 aromatic heterocycles. The van der Waals surface area contributed by atoms with Gasteiger partial charge in [-0.25, -0.2) is 4.98 Å². The van der Waals surface area contributed by atoms with Gasteiger partial charge in [0.15, 0.2) is 0 Å². The van der Waals surface area contributed by atoms with E-state index in [0.717, 1.165) is 11.3 Å². The van der Waals surface area contributed by atoms with E-state index in [2.05, 4.69) is 41.4 Å². The summed E-state index contributed by atoms with van der Waals surface area (Å²) in [6.45, 7) is 1.95. The summed E-state index contributed by atoms with van der Waals surface area (Å²) in [5, 5.41) is 0. The molecule has 2 N–H and O–H groups in total. The Hall–Kier alpha value is -2.88. The summed E-state index contributed by atoms with van der Waals surface area (Å²) in [4.78, 5) is 15.4. The molecule has 0 spiro atoms. The Balaban J connectivity index is 1.80. The van der Waals surface area contributed by atoms with Crippen molar-refractivity contribution in [1.29, 1.82) is 0 Å². The molecule has 0 radical (unpaired) electrons. The first-order chi connectivity index (χ1) is 11.1. The predicted molar refractivity (Wildman–Crippen MR) is 91.6 cm³/mol. The van der Waals surface area contributed by atoms with E-state index in [1.54, 1.807) is 6.33 Å². The minimum absolute atomic E-state index is 0.0114. The van der Waals surface area contributed by atoms with E-state index in [9.17, 15) is 4.79 Å². The first-order valence-electron chi connectivity index (χ1n) is 7.61. The number of nitrogens with two attached hydrogens (primary N) is 1. The number of benzene rings is 2. The minimum Gasteiger partial charge on any atom is -0.370 e. The van der Waals surface area contributed by atoms with Crippen LogP contribution < -0.4 is 5.73 Å².